The molecule has 2 aromatic heterocycles. The number of imidazole rings is 1. The Morgan fingerprint density at radius 1 is 1.17 bits per heavy atom. The van der Waals surface area contributed by atoms with Crippen molar-refractivity contribution in [1.82, 2.24) is 19.5 Å². The number of benzene rings is 2. The van der Waals surface area contributed by atoms with Gasteiger partial charge in [-0.1, -0.05) is 12.1 Å². The first-order chi connectivity index (χ1) is 13.9. The second kappa shape index (κ2) is 7.40. The van der Waals surface area contributed by atoms with Crippen molar-refractivity contribution in [1.29, 1.82) is 0 Å². The molecule has 4 aromatic rings. The van der Waals surface area contributed by atoms with Gasteiger partial charge >= 0.3 is 6.09 Å². The summed E-state index contributed by atoms with van der Waals surface area (Å²) in [6, 6.07) is 14.8. The van der Waals surface area contributed by atoms with Gasteiger partial charge in [-0.25, -0.2) is 19.7 Å². The van der Waals surface area contributed by atoms with Crippen molar-refractivity contribution in [2.45, 2.75) is 0 Å². The van der Waals surface area contributed by atoms with Gasteiger partial charge in [-0.05, 0) is 48.0 Å². The average molecular weight is 409 g/mol. The van der Waals surface area contributed by atoms with Gasteiger partial charge in [-0.3, -0.25) is 5.32 Å². The van der Waals surface area contributed by atoms with E-state index in [4.69, 9.17) is 21.7 Å². The molecule has 1 amide bonds. The average Bonchev–Trinajstić information content (AvgIpc) is 3.03. The van der Waals surface area contributed by atoms with E-state index in [9.17, 15) is 4.79 Å². The molecule has 0 radical (unpaired) electrons. The molecule has 0 saturated heterocycles. The standard InChI is InChI=1S/C20H17ClN6O2/c1-26(17-9-10-22-19(21)25-17)12-7-8-16-15(11-12)23-18(27(16)2)13-5-3-4-6-14(13)24-20(28)29/h3-11,24H,1-2H3,(H,28,29). The molecule has 0 aliphatic rings. The summed E-state index contributed by atoms with van der Waals surface area (Å²) in [5, 5.41) is 11.7. The number of amides is 1. The lowest BCUT2D eigenvalue weighted by atomic mass is 10.1. The molecule has 0 saturated carbocycles. The molecule has 2 N–H and O–H groups in total. The zero-order valence-corrected chi connectivity index (χ0v) is 16.4. The second-order valence-electron chi connectivity index (χ2n) is 6.39. The molecular weight excluding hydrogens is 392 g/mol. The minimum Gasteiger partial charge on any atom is -0.465 e. The largest absolute Gasteiger partial charge is 0.465 e. The third kappa shape index (κ3) is 3.57. The lowest BCUT2D eigenvalue weighted by Crippen LogP contribution is -2.11. The van der Waals surface area contributed by atoms with Gasteiger partial charge in [0, 0.05) is 31.5 Å². The molecule has 9 heteroatoms. The fourth-order valence-electron chi connectivity index (χ4n) is 3.19. The maximum atomic E-state index is 11.1. The summed E-state index contributed by atoms with van der Waals surface area (Å²) in [4.78, 5) is 25.9. The lowest BCUT2D eigenvalue weighted by molar-refractivity contribution is 0.210. The van der Waals surface area contributed by atoms with E-state index in [0.29, 0.717) is 22.9 Å². The van der Waals surface area contributed by atoms with E-state index in [1.165, 1.54) is 0 Å². The van der Waals surface area contributed by atoms with Crippen LogP contribution in [0.5, 0.6) is 0 Å². The summed E-state index contributed by atoms with van der Waals surface area (Å²) in [5.41, 5.74) is 3.76. The normalized spacial score (nSPS) is 10.9. The molecule has 8 nitrogen and oxygen atoms in total. The highest BCUT2D eigenvalue weighted by Crippen LogP contribution is 2.32. The Bertz CT molecular complexity index is 1220. The Morgan fingerprint density at radius 3 is 2.72 bits per heavy atom. The van der Waals surface area contributed by atoms with E-state index < -0.39 is 6.09 Å². The number of para-hydroxylation sites is 1. The van der Waals surface area contributed by atoms with E-state index >= 15 is 0 Å². The topological polar surface area (TPSA) is 96.2 Å². The van der Waals surface area contributed by atoms with E-state index in [-0.39, 0.29) is 5.28 Å². The van der Waals surface area contributed by atoms with Crippen LogP contribution >= 0.6 is 11.6 Å². The number of carboxylic acid groups (broad SMARTS) is 1. The number of carbonyl (C=O) groups is 1. The van der Waals surface area contributed by atoms with Crippen molar-refractivity contribution >= 4 is 45.9 Å². The Kier molecular flexibility index (Phi) is 4.77. The number of nitrogens with zero attached hydrogens (tertiary/aromatic N) is 5. The molecule has 0 spiro atoms. The van der Waals surface area contributed by atoms with E-state index in [0.717, 1.165) is 16.7 Å². The van der Waals surface area contributed by atoms with E-state index in [1.807, 2.05) is 53.9 Å². The molecule has 2 aromatic carbocycles. The van der Waals surface area contributed by atoms with Gasteiger partial charge in [0.1, 0.15) is 11.6 Å². The highest BCUT2D eigenvalue weighted by molar-refractivity contribution is 6.28. The number of aryl methyl sites for hydroxylation is 1. The monoisotopic (exact) mass is 408 g/mol. The first-order valence-corrected chi connectivity index (χ1v) is 9.10. The summed E-state index contributed by atoms with van der Waals surface area (Å²) in [5.74, 6) is 1.32. The zero-order chi connectivity index (χ0) is 20.5. The molecule has 2 heterocycles. The summed E-state index contributed by atoms with van der Waals surface area (Å²) < 4.78 is 1.93. The molecular formula is C20H17ClN6O2. The Morgan fingerprint density at radius 2 is 1.97 bits per heavy atom. The number of aromatic nitrogens is 4. The molecule has 0 atom stereocenters. The van der Waals surface area contributed by atoms with Crippen molar-refractivity contribution in [3.05, 3.63) is 60.0 Å². The van der Waals surface area contributed by atoms with Crippen LogP contribution < -0.4 is 10.2 Å². The van der Waals surface area contributed by atoms with Crippen molar-refractivity contribution in [2.24, 2.45) is 7.05 Å². The van der Waals surface area contributed by atoms with Crippen LogP contribution in [0.15, 0.2) is 54.7 Å². The first kappa shape index (κ1) is 18.7. The van der Waals surface area contributed by atoms with Crippen molar-refractivity contribution in [3.8, 4) is 11.4 Å². The molecule has 0 unspecified atom stereocenters. The fourth-order valence-corrected chi connectivity index (χ4v) is 3.33. The van der Waals surface area contributed by atoms with Crippen LogP contribution in [-0.2, 0) is 7.05 Å². The quantitative estimate of drug-likeness (QED) is 0.481. The molecule has 4 rings (SSSR count). The van der Waals surface area contributed by atoms with Gasteiger partial charge in [0.05, 0.1) is 16.7 Å². The third-order valence-corrected chi connectivity index (χ3v) is 4.80. The first-order valence-electron chi connectivity index (χ1n) is 8.72. The van der Waals surface area contributed by atoms with Crippen LogP contribution in [-0.4, -0.2) is 37.8 Å². The minimum absolute atomic E-state index is 0.179. The summed E-state index contributed by atoms with van der Waals surface area (Å²) in [6.07, 6.45) is 0.481. The summed E-state index contributed by atoms with van der Waals surface area (Å²) >= 11 is 5.90. The number of halogens is 1. The van der Waals surface area contributed by atoms with Crippen LogP contribution in [0.1, 0.15) is 0 Å². The van der Waals surface area contributed by atoms with Gasteiger partial charge in [-0.2, -0.15) is 0 Å². The molecule has 0 aliphatic heterocycles. The van der Waals surface area contributed by atoms with Crippen molar-refractivity contribution < 1.29 is 9.90 Å². The summed E-state index contributed by atoms with van der Waals surface area (Å²) in [6.45, 7) is 0. The van der Waals surface area contributed by atoms with Gasteiger partial charge in [-0.15, -0.1) is 0 Å². The van der Waals surface area contributed by atoms with Crippen LogP contribution in [0.2, 0.25) is 5.28 Å². The maximum Gasteiger partial charge on any atom is 0.409 e. The van der Waals surface area contributed by atoms with Crippen LogP contribution in [0.25, 0.3) is 22.4 Å². The Labute approximate surface area is 171 Å². The highest BCUT2D eigenvalue weighted by Gasteiger charge is 2.16. The molecule has 0 fully saturated rings. The zero-order valence-electron chi connectivity index (χ0n) is 15.7. The van der Waals surface area contributed by atoms with E-state index in [2.05, 4.69) is 15.3 Å². The summed E-state index contributed by atoms with van der Waals surface area (Å²) in [7, 11) is 3.78. The van der Waals surface area contributed by atoms with Crippen LogP contribution in [0.3, 0.4) is 0 Å². The number of fused-ring (bicyclic) bond motifs is 1. The molecule has 0 aliphatic carbocycles. The van der Waals surface area contributed by atoms with Gasteiger partial charge in [0.15, 0.2) is 0 Å². The lowest BCUT2D eigenvalue weighted by Gasteiger charge is -2.18. The maximum absolute atomic E-state index is 11.1. The van der Waals surface area contributed by atoms with Gasteiger partial charge in [0.2, 0.25) is 5.28 Å². The molecule has 146 valence electrons. The smallest absolute Gasteiger partial charge is 0.409 e. The second-order valence-corrected chi connectivity index (χ2v) is 6.72. The van der Waals surface area contributed by atoms with Gasteiger partial charge < -0.3 is 14.6 Å². The third-order valence-electron chi connectivity index (χ3n) is 4.62. The fraction of sp³-hybridized carbons (Fsp3) is 0.100. The molecule has 0 bridgehead atoms. The number of nitrogens with one attached hydrogen (secondary N) is 1. The van der Waals surface area contributed by atoms with Crippen molar-refractivity contribution in [3.63, 3.8) is 0 Å². The SMILES string of the molecule is CN(c1ccc2c(c1)nc(-c1ccccc1NC(=O)O)n2C)c1ccnc(Cl)n1. The number of anilines is 3. The molecule has 29 heavy (non-hydrogen) atoms. The van der Waals surface area contributed by atoms with Gasteiger partial charge in [0.25, 0.3) is 0 Å². The van der Waals surface area contributed by atoms with E-state index in [1.54, 1.807) is 24.4 Å². The number of rotatable bonds is 4. The predicted octanol–water partition coefficient (Wildman–Crippen LogP) is 4.54. The van der Waals surface area contributed by atoms with Crippen LogP contribution in [0, 0.1) is 0 Å². The Balaban J connectivity index is 1.78. The number of hydrogen-bond acceptors (Lipinski definition) is 5. The number of hydrogen-bond donors (Lipinski definition) is 2. The minimum atomic E-state index is -1.12. The highest BCUT2D eigenvalue weighted by atomic mass is 35.5. The Hall–Kier alpha value is -3.65. The van der Waals surface area contributed by atoms with Crippen LogP contribution in [0.4, 0.5) is 22.0 Å². The van der Waals surface area contributed by atoms with Crippen molar-refractivity contribution in [2.75, 3.05) is 17.3 Å². The predicted molar refractivity (Wildman–Crippen MR) is 113 cm³/mol.